The van der Waals surface area contributed by atoms with Crippen molar-refractivity contribution < 1.29 is 8.91 Å². The number of carbonyl (C=O) groups excluding carboxylic acids is 1. The van der Waals surface area contributed by atoms with E-state index < -0.39 is 6.85 Å². The maximum atomic E-state index is 12.1. The van der Waals surface area contributed by atoms with Crippen molar-refractivity contribution in [3.63, 3.8) is 0 Å². The first-order chi connectivity index (χ1) is 8.48. The van der Waals surface area contributed by atoms with Crippen LogP contribution in [-0.4, -0.2) is 5.78 Å². The highest BCUT2D eigenvalue weighted by molar-refractivity contribution is 6.08. The zero-order valence-corrected chi connectivity index (χ0v) is 8.10. The Morgan fingerprint density at radius 3 is 2.13 bits per heavy atom. The van der Waals surface area contributed by atoms with Crippen LogP contribution in [0.1, 0.15) is 25.6 Å². The molecular formula is C14H12O. The summed E-state index contributed by atoms with van der Waals surface area (Å²) in [5.41, 5.74) is 1.33. The lowest BCUT2D eigenvalue weighted by molar-refractivity contribution is 0.103. The van der Waals surface area contributed by atoms with Crippen molar-refractivity contribution in [3.05, 3.63) is 71.3 Å². The average molecular weight is 199 g/mol. The molecule has 0 unspecified atom stereocenters. The molecular weight excluding hydrogens is 184 g/mol. The van der Waals surface area contributed by atoms with Crippen LogP contribution in [-0.2, 0) is 0 Å². The monoisotopic (exact) mass is 199 g/mol. The molecule has 1 heteroatoms. The van der Waals surface area contributed by atoms with Crippen LogP contribution >= 0.6 is 0 Å². The van der Waals surface area contributed by atoms with Crippen LogP contribution in [0, 0.1) is 6.85 Å². The van der Waals surface area contributed by atoms with Gasteiger partial charge in [0.15, 0.2) is 5.78 Å². The summed E-state index contributed by atoms with van der Waals surface area (Å²) < 4.78 is 21.8. The van der Waals surface area contributed by atoms with Crippen molar-refractivity contribution in [3.8, 4) is 0 Å². The Bertz CT molecular complexity index is 542. The summed E-state index contributed by atoms with van der Waals surface area (Å²) in [4.78, 5) is 12.1. The Morgan fingerprint density at radius 1 is 0.933 bits per heavy atom. The van der Waals surface area contributed by atoms with Gasteiger partial charge in [-0.15, -0.1) is 0 Å². The number of benzene rings is 2. The molecule has 0 aromatic heterocycles. The van der Waals surface area contributed by atoms with E-state index in [1.54, 1.807) is 36.4 Å². The van der Waals surface area contributed by atoms with E-state index in [1.807, 2.05) is 6.07 Å². The van der Waals surface area contributed by atoms with Crippen molar-refractivity contribution in [2.75, 3.05) is 0 Å². The molecule has 0 spiro atoms. The summed E-state index contributed by atoms with van der Waals surface area (Å²) in [6.45, 7) is -2.13. The molecule has 0 aliphatic heterocycles. The van der Waals surface area contributed by atoms with Crippen molar-refractivity contribution in [1.29, 1.82) is 0 Å². The molecule has 0 bridgehead atoms. The first-order valence-electron chi connectivity index (χ1n) is 6.19. The van der Waals surface area contributed by atoms with Crippen LogP contribution in [0.3, 0.4) is 0 Å². The van der Waals surface area contributed by atoms with Gasteiger partial charge in [0.2, 0.25) is 0 Å². The summed E-state index contributed by atoms with van der Waals surface area (Å²) in [5, 5.41) is 0. The van der Waals surface area contributed by atoms with Crippen LogP contribution in [0.4, 0.5) is 0 Å². The molecule has 2 aromatic carbocycles. The highest BCUT2D eigenvalue weighted by Crippen LogP contribution is 2.10. The topological polar surface area (TPSA) is 17.1 Å². The lowest BCUT2D eigenvalue weighted by Gasteiger charge is -2.00. The van der Waals surface area contributed by atoms with E-state index in [2.05, 4.69) is 0 Å². The predicted octanol–water partition coefficient (Wildman–Crippen LogP) is 3.23. The standard InChI is InChI=1S/C14H12O/c1-11-7-9-13(10-8-11)14(15)12-5-3-2-4-6-12/h2-10H,1H3/i1D3. The lowest BCUT2D eigenvalue weighted by atomic mass is 10.0. The molecule has 0 heterocycles. The molecule has 2 aromatic rings. The molecule has 0 N–H and O–H groups in total. The SMILES string of the molecule is [2H]C([2H])([2H])c1ccc(C(=O)c2ccccc2)cc1. The van der Waals surface area contributed by atoms with E-state index in [0.29, 0.717) is 11.1 Å². The second kappa shape index (κ2) is 4.09. The Hall–Kier alpha value is -1.89. The van der Waals surface area contributed by atoms with Gasteiger partial charge in [-0.05, 0) is 6.85 Å². The molecule has 2 rings (SSSR count). The minimum absolute atomic E-state index is 0.104. The molecule has 0 atom stereocenters. The first kappa shape index (κ1) is 6.57. The number of ketones is 1. The number of hydrogen-bond acceptors (Lipinski definition) is 1. The zero-order valence-electron chi connectivity index (χ0n) is 11.1. The maximum Gasteiger partial charge on any atom is 0.193 e. The second-order valence-electron chi connectivity index (χ2n) is 3.27. The van der Waals surface area contributed by atoms with Crippen LogP contribution < -0.4 is 0 Å². The summed E-state index contributed by atoms with van der Waals surface area (Å²) in [6.07, 6.45) is 0. The molecule has 74 valence electrons. The van der Waals surface area contributed by atoms with E-state index in [-0.39, 0.29) is 11.3 Å². The van der Waals surface area contributed by atoms with Crippen LogP contribution in [0.2, 0.25) is 0 Å². The fraction of sp³-hybridized carbons (Fsp3) is 0.0714. The molecule has 0 aliphatic carbocycles. The molecule has 0 amide bonds. The van der Waals surface area contributed by atoms with Crippen molar-refractivity contribution in [1.82, 2.24) is 0 Å². The summed E-state index contributed by atoms with van der Waals surface area (Å²) in [6, 6.07) is 15.0. The number of hydrogen-bond donors (Lipinski definition) is 0. The molecule has 0 aliphatic rings. The zero-order chi connectivity index (χ0) is 13.2. The van der Waals surface area contributed by atoms with Crippen LogP contribution in [0.15, 0.2) is 54.6 Å². The summed E-state index contributed by atoms with van der Waals surface area (Å²) >= 11 is 0. The fourth-order valence-electron chi connectivity index (χ4n) is 1.38. The highest BCUT2D eigenvalue weighted by atomic mass is 16.1. The largest absolute Gasteiger partial charge is 0.289 e. The van der Waals surface area contributed by atoms with Crippen molar-refractivity contribution in [2.24, 2.45) is 0 Å². The third-order valence-electron chi connectivity index (χ3n) is 2.18. The van der Waals surface area contributed by atoms with E-state index >= 15 is 0 Å². The first-order valence-corrected chi connectivity index (χ1v) is 4.69. The van der Waals surface area contributed by atoms with E-state index in [0.717, 1.165) is 0 Å². The molecule has 0 radical (unpaired) electrons. The van der Waals surface area contributed by atoms with Gasteiger partial charge in [-0.1, -0.05) is 60.2 Å². The minimum atomic E-state index is -2.13. The van der Waals surface area contributed by atoms with Gasteiger partial charge in [0.25, 0.3) is 0 Å². The predicted molar refractivity (Wildman–Crippen MR) is 61.1 cm³/mol. The molecule has 15 heavy (non-hydrogen) atoms. The van der Waals surface area contributed by atoms with Crippen molar-refractivity contribution >= 4 is 5.78 Å². The van der Waals surface area contributed by atoms with Gasteiger partial charge in [0, 0.05) is 15.2 Å². The maximum absolute atomic E-state index is 12.1. The Morgan fingerprint density at radius 2 is 1.53 bits per heavy atom. The minimum Gasteiger partial charge on any atom is -0.289 e. The Labute approximate surface area is 93.6 Å². The Balaban J connectivity index is 2.28. The lowest BCUT2D eigenvalue weighted by Crippen LogP contribution is -2.00. The normalized spacial score (nSPS) is 13.7. The van der Waals surface area contributed by atoms with Gasteiger partial charge in [0.1, 0.15) is 0 Å². The summed E-state index contributed by atoms with van der Waals surface area (Å²) in [7, 11) is 0. The van der Waals surface area contributed by atoms with Gasteiger partial charge < -0.3 is 0 Å². The van der Waals surface area contributed by atoms with Gasteiger partial charge >= 0.3 is 0 Å². The molecule has 0 saturated heterocycles. The van der Waals surface area contributed by atoms with E-state index in [1.165, 1.54) is 12.1 Å². The highest BCUT2D eigenvalue weighted by Gasteiger charge is 2.06. The Kier molecular flexibility index (Phi) is 1.79. The van der Waals surface area contributed by atoms with E-state index in [9.17, 15) is 4.79 Å². The fourth-order valence-corrected chi connectivity index (χ4v) is 1.38. The number of carbonyl (C=O) groups is 1. The summed E-state index contributed by atoms with van der Waals surface area (Å²) in [5.74, 6) is -0.104. The van der Waals surface area contributed by atoms with Gasteiger partial charge in [-0.25, -0.2) is 0 Å². The van der Waals surface area contributed by atoms with Crippen LogP contribution in [0.5, 0.6) is 0 Å². The molecule has 0 fully saturated rings. The van der Waals surface area contributed by atoms with Crippen molar-refractivity contribution in [2.45, 2.75) is 6.85 Å². The number of rotatable bonds is 2. The smallest absolute Gasteiger partial charge is 0.193 e. The quantitative estimate of drug-likeness (QED) is 0.679. The second-order valence-corrected chi connectivity index (χ2v) is 3.27. The molecule has 0 saturated carbocycles. The van der Waals surface area contributed by atoms with Gasteiger partial charge in [0.05, 0.1) is 0 Å². The van der Waals surface area contributed by atoms with E-state index in [4.69, 9.17) is 4.11 Å². The molecule has 1 nitrogen and oxygen atoms in total. The number of aryl methyl sites for hydroxylation is 1. The van der Waals surface area contributed by atoms with Gasteiger partial charge in [-0.3, -0.25) is 4.79 Å². The third-order valence-corrected chi connectivity index (χ3v) is 2.18. The van der Waals surface area contributed by atoms with Gasteiger partial charge in [-0.2, -0.15) is 0 Å². The third kappa shape index (κ3) is 2.13. The van der Waals surface area contributed by atoms with Crippen LogP contribution in [0.25, 0.3) is 0 Å². The average Bonchev–Trinajstić information content (AvgIpc) is 2.38.